The summed E-state index contributed by atoms with van der Waals surface area (Å²) < 4.78 is 29.1. The number of carbonyl (C=O) groups is 1. The van der Waals surface area contributed by atoms with E-state index in [1.54, 1.807) is 54.9 Å². The fraction of sp³-hybridized carbons (Fsp3) is 0.161. The number of aromatic amines is 1. The van der Waals surface area contributed by atoms with Crippen LogP contribution in [-0.2, 0) is 15.4 Å². The number of carbonyl (C=O) groups excluding carboxylic acids is 1. The van der Waals surface area contributed by atoms with Gasteiger partial charge in [-0.2, -0.15) is 0 Å². The van der Waals surface area contributed by atoms with Gasteiger partial charge in [-0.1, -0.05) is 62.7 Å². The van der Waals surface area contributed by atoms with E-state index in [4.69, 9.17) is 0 Å². The third-order valence-electron chi connectivity index (χ3n) is 6.59. The summed E-state index contributed by atoms with van der Waals surface area (Å²) in [6.07, 6.45) is 3.22. The number of amides is 1. The van der Waals surface area contributed by atoms with Gasteiger partial charge in [0.25, 0.3) is 15.9 Å². The molecule has 0 radical (unpaired) electrons. The van der Waals surface area contributed by atoms with Gasteiger partial charge in [0.2, 0.25) is 0 Å². The van der Waals surface area contributed by atoms with E-state index in [1.807, 2.05) is 43.3 Å². The van der Waals surface area contributed by atoms with Crippen LogP contribution in [0, 0.1) is 6.92 Å². The van der Waals surface area contributed by atoms with Crippen molar-refractivity contribution in [3.8, 4) is 11.1 Å². The first kappa shape index (κ1) is 26.2. The maximum absolute atomic E-state index is 13.4. The number of hydrogen-bond donors (Lipinski definition) is 3. The standard InChI is InChI=1S/C31H30N4O3S/c1-20-5-7-21(8-6-20)28-26-19-24(35-39(37,38)25-12-9-22(10-13-25)31(2,3)4)11-14-27(26)34-29(28)30(36)33-23-15-17-32-18-16-23/h5-19,34-35H,1-4H3,(H,32,33,36). The zero-order valence-corrected chi connectivity index (χ0v) is 23.1. The van der Waals surface area contributed by atoms with E-state index in [1.165, 1.54) is 0 Å². The van der Waals surface area contributed by atoms with Gasteiger partial charge < -0.3 is 10.3 Å². The predicted molar refractivity (Wildman–Crippen MR) is 157 cm³/mol. The summed E-state index contributed by atoms with van der Waals surface area (Å²) in [6, 6.07) is 23.4. The molecule has 198 valence electrons. The predicted octanol–water partition coefficient (Wildman–Crippen LogP) is 6.89. The van der Waals surface area contributed by atoms with E-state index in [0.717, 1.165) is 22.1 Å². The van der Waals surface area contributed by atoms with Crippen LogP contribution >= 0.6 is 0 Å². The Labute approximate surface area is 228 Å². The molecule has 0 fully saturated rings. The largest absolute Gasteiger partial charge is 0.350 e. The maximum atomic E-state index is 13.4. The van der Waals surface area contributed by atoms with Crippen molar-refractivity contribution in [3.63, 3.8) is 0 Å². The Hall–Kier alpha value is -4.43. The Bertz CT molecular complexity index is 1750. The molecule has 2 aromatic heterocycles. The molecule has 3 N–H and O–H groups in total. The van der Waals surface area contributed by atoms with Crippen LogP contribution in [-0.4, -0.2) is 24.3 Å². The summed E-state index contributed by atoms with van der Waals surface area (Å²) in [4.78, 5) is 20.8. The van der Waals surface area contributed by atoms with Crippen molar-refractivity contribution in [3.05, 3.63) is 108 Å². The quantitative estimate of drug-likeness (QED) is 0.219. The van der Waals surface area contributed by atoms with Gasteiger partial charge in [0.1, 0.15) is 5.69 Å². The lowest BCUT2D eigenvalue weighted by Gasteiger charge is -2.19. The molecule has 7 nitrogen and oxygen atoms in total. The lowest BCUT2D eigenvalue weighted by Crippen LogP contribution is -2.14. The first-order valence-electron chi connectivity index (χ1n) is 12.6. The monoisotopic (exact) mass is 538 g/mol. The molecule has 0 aliphatic carbocycles. The minimum absolute atomic E-state index is 0.0805. The summed E-state index contributed by atoms with van der Waals surface area (Å²) >= 11 is 0. The molecular weight excluding hydrogens is 508 g/mol. The second kappa shape index (κ2) is 10.0. The first-order valence-corrected chi connectivity index (χ1v) is 14.1. The number of rotatable bonds is 6. The van der Waals surface area contributed by atoms with E-state index in [-0.39, 0.29) is 16.2 Å². The van der Waals surface area contributed by atoms with Crippen LogP contribution in [0.1, 0.15) is 42.4 Å². The highest BCUT2D eigenvalue weighted by Gasteiger charge is 2.22. The van der Waals surface area contributed by atoms with E-state index < -0.39 is 10.0 Å². The summed E-state index contributed by atoms with van der Waals surface area (Å²) in [5.41, 5.74) is 5.69. The van der Waals surface area contributed by atoms with Crippen LogP contribution < -0.4 is 10.0 Å². The zero-order chi connectivity index (χ0) is 27.8. The van der Waals surface area contributed by atoms with Gasteiger partial charge in [-0.15, -0.1) is 0 Å². The number of hydrogen-bond acceptors (Lipinski definition) is 4. The fourth-order valence-corrected chi connectivity index (χ4v) is 5.47. The Balaban J connectivity index is 1.55. The molecular formula is C31H30N4O3S. The number of fused-ring (bicyclic) bond motifs is 1. The first-order chi connectivity index (χ1) is 18.5. The highest BCUT2D eigenvalue weighted by Crippen LogP contribution is 2.35. The number of nitrogens with zero attached hydrogens (tertiary/aromatic N) is 1. The van der Waals surface area contributed by atoms with Gasteiger partial charge in [0.15, 0.2) is 0 Å². The molecule has 8 heteroatoms. The van der Waals surface area contributed by atoms with E-state index in [0.29, 0.717) is 28.1 Å². The van der Waals surface area contributed by atoms with Crippen molar-refractivity contribution < 1.29 is 13.2 Å². The molecule has 0 saturated heterocycles. The molecule has 1 amide bonds. The van der Waals surface area contributed by atoms with E-state index in [9.17, 15) is 13.2 Å². The molecule has 0 unspecified atom stereocenters. The van der Waals surface area contributed by atoms with Crippen LogP contribution in [0.4, 0.5) is 11.4 Å². The van der Waals surface area contributed by atoms with Crippen LogP contribution in [0.5, 0.6) is 0 Å². The Morgan fingerprint density at radius 1 is 0.846 bits per heavy atom. The van der Waals surface area contributed by atoms with Crippen molar-refractivity contribution in [1.82, 2.24) is 9.97 Å². The third kappa shape index (κ3) is 5.56. The highest BCUT2D eigenvalue weighted by atomic mass is 32.2. The fourth-order valence-electron chi connectivity index (χ4n) is 4.42. The minimum atomic E-state index is -3.82. The van der Waals surface area contributed by atoms with Crippen LogP contribution in [0.25, 0.3) is 22.0 Å². The minimum Gasteiger partial charge on any atom is -0.350 e. The second-order valence-electron chi connectivity index (χ2n) is 10.6. The van der Waals surface area contributed by atoms with Crippen molar-refractivity contribution in [2.45, 2.75) is 38.0 Å². The number of H-pyrrole nitrogens is 1. The van der Waals surface area contributed by atoms with Crippen molar-refractivity contribution >= 4 is 38.2 Å². The van der Waals surface area contributed by atoms with Gasteiger partial charge >= 0.3 is 0 Å². The topological polar surface area (TPSA) is 104 Å². The number of sulfonamides is 1. The maximum Gasteiger partial charge on any atom is 0.272 e. The Kier molecular flexibility index (Phi) is 6.74. The Morgan fingerprint density at radius 3 is 2.15 bits per heavy atom. The van der Waals surface area contributed by atoms with Gasteiger partial charge in [-0.3, -0.25) is 14.5 Å². The zero-order valence-electron chi connectivity index (χ0n) is 22.2. The summed E-state index contributed by atoms with van der Waals surface area (Å²) in [6.45, 7) is 8.24. The summed E-state index contributed by atoms with van der Waals surface area (Å²) in [5, 5.41) is 3.63. The SMILES string of the molecule is Cc1ccc(-c2c(C(=O)Nc3ccncc3)[nH]c3ccc(NS(=O)(=O)c4ccc(C(C)(C)C)cc4)cc23)cc1. The number of aryl methyl sites for hydroxylation is 1. The van der Waals surface area contributed by atoms with Gasteiger partial charge in [0, 0.05) is 40.2 Å². The van der Waals surface area contributed by atoms with E-state index in [2.05, 4.69) is 40.8 Å². The average molecular weight is 539 g/mol. The van der Waals surface area contributed by atoms with Gasteiger partial charge in [-0.25, -0.2) is 8.42 Å². The molecule has 5 aromatic rings. The van der Waals surface area contributed by atoms with Crippen molar-refractivity contribution in [1.29, 1.82) is 0 Å². The average Bonchev–Trinajstić information content (AvgIpc) is 3.28. The number of benzene rings is 3. The van der Waals surface area contributed by atoms with Crippen LogP contribution in [0.2, 0.25) is 0 Å². The molecule has 0 saturated carbocycles. The van der Waals surface area contributed by atoms with Crippen molar-refractivity contribution in [2.75, 3.05) is 10.0 Å². The molecule has 2 heterocycles. The summed E-state index contributed by atoms with van der Waals surface area (Å²) in [7, 11) is -3.82. The van der Waals surface area contributed by atoms with Crippen LogP contribution in [0.15, 0.2) is 96.2 Å². The molecule has 3 aromatic carbocycles. The Morgan fingerprint density at radius 2 is 1.51 bits per heavy atom. The molecule has 0 spiro atoms. The van der Waals surface area contributed by atoms with Crippen molar-refractivity contribution in [2.24, 2.45) is 0 Å². The molecule has 0 atom stereocenters. The smallest absolute Gasteiger partial charge is 0.272 e. The van der Waals surface area contributed by atoms with E-state index >= 15 is 0 Å². The molecule has 0 aliphatic heterocycles. The highest BCUT2D eigenvalue weighted by molar-refractivity contribution is 7.92. The third-order valence-corrected chi connectivity index (χ3v) is 7.98. The van der Waals surface area contributed by atoms with Gasteiger partial charge in [0.05, 0.1) is 4.90 Å². The second-order valence-corrected chi connectivity index (χ2v) is 12.3. The number of pyridine rings is 1. The van der Waals surface area contributed by atoms with Gasteiger partial charge in [-0.05, 0) is 65.9 Å². The lowest BCUT2D eigenvalue weighted by atomic mass is 9.87. The lowest BCUT2D eigenvalue weighted by molar-refractivity contribution is 0.102. The number of aromatic nitrogens is 2. The van der Waals surface area contributed by atoms with Crippen LogP contribution in [0.3, 0.4) is 0 Å². The molecule has 39 heavy (non-hydrogen) atoms. The normalized spacial score (nSPS) is 11.9. The molecule has 0 aliphatic rings. The number of anilines is 2. The summed E-state index contributed by atoms with van der Waals surface area (Å²) in [5.74, 6) is -0.311. The molecule has 0 bridgehead atoms. The number of nitrogens with one attached hydrogen (secondary N) is 3. The molecule has 5 rings (SSSR count).